The molecule has 226 valence electrons. The zero-order valence-electron chi connectivity index (χ0n) is 24.1. The van der Waals surface area contributed by atoms with Gasteiger partial charge in [-0.25, -0.2) is 9.59 Å². The van der Waals surface area contributed by atoms with E-state index in [0.29, 0.717) is 56.8 Å². The van der Waals surface area contributed by atoms with Crippen molar-refractivity contribution >= 4 is 29.8 Å². The fraction of sp³-hybridized carbons (Fsp3) is 0.759. The van der Waals surface area contributed by atoms with Crippen molar-refractivity contribution in [3.05, 3.63) is 0 Å². The highest BCUT2D eigenvalue weighted by Crippen LogP contribution is 2.52. The van der Waals surface area contributed by atoms with Crippen LogP contribution in [0.4, 0.5) is 4.79 Å². The molecule has 12 heteroatoms. The normalized spacial score (nSPS) is 25.8. The average Bonchev–Trinajstić information content (AvgIpc) is 3.40. The van der Waals surface area contributed by atoms with E-state index >= 15 is 0 Å². The first-order valence-corrected chi connectivity index (χ1v) is 14.8. The molecule has 0 radical (unpaired) electrons. The summed E-state index contributed by atoms with van der Waals surface area (Å²) < 4.78 is 10.9. The molecule has 4 rings (SSSR count). The van der Waals surface area contributed by atoms with Crippen LogP contribution in [0.5, 0.6) is 0 Å². The van der Waals surface area contributed by atoms with Gasteiger partial charge < -0.3 is 24.5 Å². The molecule has 41 heavy (non-hydrogen) atoms. The van der Waals surface area contributed by atoms with E-state index in [4.69, 9.17) is 14.3 Å². The lowest BCUT2D eigenvalue weighted by molar-refractivity contribution is -0.194. The predicted octanol–water partition coefficient (Wildman–Crippen LogP) is 1.33. The Labute approximate surface area is 241 Å². The van der Waals surface area contributed by atoms with Gasteiger partial charge in [0.15, 0.2) is 0 Å². The van der Waals surface area contributed by atoms with Crippen LogP contribution in [-0.2, 0) is 33.5 Å². The van der Waals surface area contributed by atoms with E-state index in [9.17, 15) is 24.0 Å². The third-order valence-corrected chi connectivity index (χ3v) is 8.28. The van der Waals surface area contributed by atoms with Gasteiger partial charge in [0.2, 0.25) is 5.91 Å². The van der Waals surface area contributed by atoms with Crippen LogP contribution < -0.4 is 5.32 Å². The highest BCUT2D eigenvalue weighted by Gasteiger charge is 2.49. The summed E-state index contributed by atoms with van der Waals surface area (Å²) in [6.45, 7) is 5.26. The third kappa shape index (κ3) is 8.83. The van der Waals surface area contributed by atoms with E-state index in [-0.39, 0.29) is 56.4 Å². The number of hydrogen-bond donors (Lipinski definition) is 1. The van der Waals surface area contributed by atoms with Crippen molar-refractivity contribution in [3.63, 3.8) is 0 Å². The van der Waals surface area contributed by atoms with Crippen molar-refractivity contribution in [3.8, 4) is 11.8 Å². The molecular formula is C29H42N4O8. The second-order valence-electron chi connectivity index (χ2n) is 11.5. The lowest BCUT2D eigenvalue weighted by Crippen LogP contribution is -2.58. The van der Waals surface area contributed by atoms with Crippen LogP contribution in [0.15, 0.2) is 0 Å². The molecule has 2 aliphatic carbocycles. The first-order valence-electron chi connectivity index (χ1n) is 14.8. The van der Waals surface area contributed by atoms with Gasteiger partial charge in [-0.1, -0.05) is 13.8 Å². The molecule has 3 fully saturated rings. The summed E-state index contributed by atoms with van der Waals surface area (Å²) in [7, 11) is 0. The fourth-order valence-electron chi connectivity index (χ4n) is 5.80. The van der Waals surface area contributed by atoms with E-state index in [1.807, 2.05) is 0 Å². The number of ether oxygens (including phenoxy) is 2. The van der Waals surface area contributed by atoms with Gasteiger partial charge in [0.25, 0.3) is 5.91 Å². The zero-order chi connectivity index (χ0) is 29.4. The summed E-state index contributed by atoms with van der Waals surface area (Å²) in [5.41, 5.74) is 0. The first kappa shape index (κ1) is 30.6. The number of rotatable bonds is 11. The molecule has 12 nitrogen and oxygen atoms in total. The Morgan fingerprint density at radius 2 is 1.73 bits per heavy atom. The Morgan fingerprint density at radius 1 is 1.00 bits per heavy atom. The molecule has 0 spiro atoms. The Morgan fingerprint density at radius 3 is 2.39 bits per heavy atom. The van der Waals surface area contributed by atoms with Gasteiger partial charge in [-0.3, -0.25) is 19.3 Å². The van der Waals surface area contributed by atoms with Crippen LogP contribution in [0.1, 0.15) is 58.8 Å². The second-order valence-corrected chi connectivity index (χ2v) is 11.5. The molecule has 2 saturated heterocycles. The number of piperazine rings is 1. The summed E-state index contributed by atoms with van der Waals surface area (Å²) in [4.78, 5) is 70.2. The Kier molecular flexibility index (Phi) is 10.9. The Hall–Kier alpha value is -3.33. The monoisotopic (exact) mass is 574 g/mol. The van der Waals surface area contributed by atoms with E-state index in [2.05, 4.69) is 17.2 Å². The van der Waals surface area contributed by atoms with Crippen LogP contribution in [-0.4, -0.2) is 103 Å². The Balaban J connectivity index is 1.19. The highest BCUT2D eigenvalue weighted by molar-refractivity contribution is 5.80. The SMILES string of the molecule is CC(C)C(=O)OCC1CN(C(=O)CCNC(=O)OC[C@@H]2[C@@H]3CCC#CCC[C@@H]32)CCN1CC(=O)ON1CCCC1=O. The van der Waals surface area contributed by atoms with E-state index in [1.54, 1.807) is 23.6 Å². The van der Waals surface area contributed by atoms with Crippen LogP contribution in [0, 0.1) is 35.5 Å². The maximum absolute atomic E-state index is 12.9. The number of hydrogen-bond acceptors (Lipinski definition) is 9. The van der Waals surface area contributed by atoms with Crippen LogP contribution in [0.2, 0.25) is 0 Å². The molecule has 1 unspecified atom stereocenters. The molecule has 1 N–H and O–H groups in total. The smallest absolute Gasteiger partial charge is 0.407 e. The predicted molar refractivity (Wildman–Crippen MR) is 145 cm³/mol. The number of hydroxylamine groups is 2. The van der Waals surface area contributed by atoms with E-state index in [0.717, 1.165) is 30.7 Å². The molecule has 1 saturated carbocycles. The summed E-state index contributed by atoms with van der Waals surface area (Å²) in [6, 6.07) is -0.420. The topological polar surface area (TPSA) is 135 Å². The molecule has 4 aliphatic rings. The number of amides is 3. The summed E-state index contributed by atoms with van der Waals surface area (Å²) in [5.74, 6) is 6.30. The molecule has 2 heterocycles. The first-order chi connectivity index (χ1) is 19.7. The van der Waals surface area contributed by atoms with Gasteiger partial charge in [-0.15, -0.1) is 11.8 Å². The molecule has 0 aromatic rings. The number of carbonyl (C=O) groups excluding carboxylic acids is 5. The second kappa shape index (κ2) is 14.5. The molecule has 2 aliphatic heterocycles. The molecule has 0 bridgehead atoms. The number of alkyl carbamates (subject to hydrolysis) is 1. The molecule has 0 aromatic carbocycles. The largest absolute Gasteiger partial charge is 0.464 e. The number of nitrogens with one attached hydrogen (secondary N) is 1. The van der Waals surface area contributed by atoms with Crippen molar-refractivity contribution in [2.75, 3.05) is 52.5 Å². The Bertz CT molecular complexity index is 1040. The van der Waals surface area contributed by atoms with Gasteiger partial charge in [0, 0.05) is 51.9 Å². The van der Waals surface area contributed by atoms with E-state index < -0.39 is 18.1 Å². The van der Waals surface area contributed by atoms with Crippen molar-refractivity contribution in [1.29, 1.82) is 0 Å². The van der Waals surface area contributed by atoms with Crippen molar-refractivity contribution in [2.45, 2.75) is 64.8 Å². The van der Waals surface area contributed by atoms with Crippen LogP contribution in [0.25, 0.3) is 0 Å². The summed E-state index contributed by atoms with van der Waals surface area (Å²) >= 11 is 0. The zero-order valence-corrected chi connectivity index (χ0v) is 24.1. The van der Waals surface area contributed by atoms with Crippen LogP contribution >= 0.6 is 0 Å². The highest BCUT2D eigenvalue weighted by atomic mass is 16.7. The van der Waals surface area contributed by atoms with Gasteiger partial charge >= 0.3 is 18.0 Å². The van der Waals surface area contributed by atoms with E-state index in [1.165, 1.54) is 0 Å². The van der Waals surface area contributed by atoms with Gasteiger partial charge in [-0.2, -0.15) is 5.06 Å². The van der Waals surface area contributed by atoms with Gasteiger partial charge in [-0.05, 0) is 37.0 Å². The molecule has 3 amide bonds. The maximum Gasteiger partial charge on any atom is 0.407 e. The standard InChI is InChI=1S/C29H42N4O8/c1-20(2)28(37)39-18-21-16-32(15-14-31(21)17-27(36)41-33-13-7-10-26(33)35)25(34)11-12-30-29(38)40-19-24-22-8-5-3-4-6-9-23(22)24/h20-24H,5-19H2,1-2H3,(H,30,38)/t21?,22-,23+,24-. The van der Waals surface area contributed by atoms with Gasteiger partial charge in [0.1, 0.15) is 6.61 Å². The number of nitrogens with zero attached hydrogens (tertiary/aromatic N) is 3. The molecule has 0 aromatic heterocycles. The van der Waals surface area contributed by atoms with Crippen molar-refractivity contribution in [1.82, 2.24) is 20.2 Å². The molecular weight excluding hydrogens is 532 g/mol. The van der Waals surface area contributed by atoms with Crippen molar-refractivity contribution in [2.24, 2.45) is 23.7 Å². The average molecular weight is 575 g/mol. The number of fused-ring (bicyclic) bond motifs is 1. The lowest BCUT2D eigenvalue weighted by Gasteiger charge is -2.40. The lowest BCUT2D eigenvalue weighted by atomic mass is 10.1. The quantitative estimate of drug-likeness (QED) is 0.286. The van der Waals surface area contributed by atoms with Crippen LogP contribution in [0.3, 0.4) is 0 Å². The van der Waals surface area contributed by atoms with Gasteiger partial charge in [0.05, 0.1) is 31.7 Å². The maximum atomic E-state index is 12.9. The summed E-state index contributed by atoms with van der Waals surface area (Å²) in [6.07, 6.45) is 4.51. The fourth-order valence-corrected chi connectivity index (χ4v) is 5.80. The summed E-state index contributed by atoms with van der Waals surface area (Å²) in [5, 5.41) is 3.76. The third-order valence-electron chi connectivity index (χ3n) is 8.28. The minimum absolute atomic E-state index is 0.0105. The minimum Gasteiger partial charge on any atom is -0.464 e. The van der Waals surface area contributed by atoms with Crippen molar-refractivity contribution < 1.29 is 38.3 Å². The number of esters is 1. The minimum atomic E-state index is -0.576. The molecule has 4 atom stereocenters. The number of carbonyl (C=O) groups is 5.